The van der Waals surface area contributed by atoms with Crippen molar-refractivity contribution in [1.29, 1.82) is 0 Å². The van der Waals surface area contributed by atoms with Gasteiger partial charge in [0.2, 0.25) is 0 Å². The number of aromatic carboxylic acids is 1. The number of carboxylic acids is 1. The van der Waals surface area contributed by atoms with Gasteiger partial charge in [-0.15, -0.1) is 11.3 Å². The summed E-state index contributed by atoms with van der Waals surface area (Å²) in [6.07, 6.45) is 4.97. The summed E-state index contributed by atoms with van der Waals surface area (Å²) < 4.78 is 5.33. The highest BCUT2D eigenvalue weighted by molar-refractivity contribution is 7.17. The molecular weight excluding hydrogens is 278 g/mol. The molecule has 1 aromatic rings. The van der Waals surface area contributed by atoms with Crippen LogP contribution in [0.15, 0.2) is 0 Å². The Hall–Kier alpha value is -1.40. The summed E-state index contributed by atoms with van der Waals surface area (Å²) in [4.78, 5) is 24.7. The van der Waals surface area contributed by atoms with E-state index in [9.17, 15) is 14.7 Å². The molecule has 0 radical (unpaired) electrons. The predicted molar refractivity (Wildman–Crippen MR) is 75.5 cm³/mol. The molecular formula is C14H17NO4S. The van der Waals surface area contributed by atoms with Crippen LogP contribution in [0.1, 0.15) is 46.5 Å². The summed E-state index contributed by atoms with van der Waals surface area (Å²) in [5.74, 6) is -1.17. The molecule has 0 saturated carbocycles. The van der Waals surface area contributed by atoms with E-state index < -0.39 is 12.1 Å². The third-order valence-corrected chi connectivity index (χ3v) is 5.05. The monoisotopic (exact) mass is 295 g/mol. The largest absolute Gasteiger partial charge is 0.478 e. The Balaban J connectivity index is 1.86. The van der Waals surface area contributed by atoms with Gasteiger partial charge in [-0.2, -0.15) is 0 Å². The zero-order valence-electron chi connectivity index (χ0n) is 11.1. The summed E-state index contributed by atoms with van der Waals surface area (Å²) in [5, 5.41) is 12.7. The van der Waals surface area contributed by atoms with Crippen LogP contribution in [0.3, 0.4) is 0 Å². The van der Waals surface area contributed by atoms with Crippen LogP contribution in [-0.4, -0.2) is 29.7 Å². The number of nitrogens with one attached hydrogen (secondary N) is 1. The Morgan fingerprint density at radius 3 is 2.75 bits per heavy atom. The number of thiophene rings is 1. The van der Waals surface area contributed by atoms with E-state index >= 15 is 0 Å². The number of carbonyl (C=O) groups excluding carboxylic acids is 1. The van der Waals surface area contributed by atoms with Crippen molar-refractivity contribution < 1.29 is 19.4 Å². The van der Waals surface area contributed by atoms with Gasteiger partial charge in [0.1, 0.15) is 11.1 Å². The molecule has 1 fully saturated rings. The van der Waals surface area contributed by atoms with E-state index in [1.165, 1.54) is 11.3 Å². The zero-order chi connectivity index (χ0) is 14.1. The van der Waals surface area contributed by atoms with Gasteiger partial charge in [0, 0.05) is 11.5 Å². The molecule has 1 amide bonds. The quantitative estimate of drug-likeness (QED) is 0.898. The van der Waals surface area contributed by atoms with Crippen LogP contribution in [0, 0.1) is 0 Å². The van der Waals surface area contributed by atoms with Crippen LogP contribution < -0.4 is 5.32 Å². The van der Waals surface area contributed by atoms with Crippen molar-refractivity contribution in [3.8, 4) is 0 Å². The van der Waals surface area contributed by atoms with Crippen molar-refractivity contribution >= 4 is 28.2 Å². The molecule has 20 heavy (non-hydrogen) atoms. The number of fused-ring (bicyclic) bond motifs is 1. The summed E-state index contributed by atoms with van der Waals surface area (Å²) in [6.45, 7) is 0.602. The molecule has 1 aliphatic heterocycles. The molecule has 108 valence electrons. The molecule has 5 nitrogen and oxygen atoms in total. The Morgan fingerprint density at radius 1 is 1.25 bits per heavy atom. The normalized spacial score (nSPS) is 21.5. The Kier molecular flexibility index (Phi) is 3.76. The molecule has 3 rings (SSSR count). The first-order valence-corrected chi connectivity index (χ1v) is 7.79. The standard InChI is InChI=1S/C14H17NO4S/c16-12(9-5-3-7-19-9)15-13-11(14(17)18)8-4-1-2-6-10(8)20-13/h9H,1-7H2,(H,15,16)(H,17,18). The molecule has 0 bridgehead atoms. The fraction of sp³-hybridized carbons (Fsp3) is 0.571. The zero-order valence-corrected chi connectivity index (χ0v) is 11.9. The van der Waals surface area contributed by atoms with E-state index in [4.69, 9.17) is 4.74 Å². The van der Waals surface area contributed by atoms with Crippen LogP contribution in [0.4, 0.5) is 5.00 Å². The number of amides is 1. The van der Waals surface area contributed by atoms with E-state index in [0.717, 1.165) is 42.5 Å². The molecule has 1 aliphatic carbocycles. The van der Waals surface area contributed by atoms with Gasteiger partial charge in [-0.1, -0.05) is 0 Å². The Morgan fingerprint density at radius 2 is 2.05 bits per heavy atom. The Labute approximate surface area is 120 Å². The average Bonchev–Trinajstić information content (AvgIpc) is 3.05. The molecule has 0 spiro atoms. The van der Waals surface area contributed by atoms with Gasteiger partial charge in [0.25, 0.3) is 5.91 Å². The van der Waals surface area contributed by atoms with Crippen molar-refractivity contribution in [2.24, 2.45) is 0 Å². The predicted octanol–water partition coefficient (Wildman–Crippen LogP) is 2.44. The van der Waals surface area contributed by atoms with Crippen molar-refractivity contribution in [3.63, 3.8) is 0 Å². The highest BCUT2D eigenvalue weighted by atomic mass is 32.1. The number of carboxylic acid groups (broad SMARTS) is 1. The van der Waals surface area contributed by atoms with Gasteiger partial charge in [0.05, 0.1) is 5.56 Å². The van der Waals surface area contributed by atoms with Crippen molar-refractivity contribution in [2.45, 2.75) is 44.6 Å². The maximum atomic E-state index is 12.1. The van der Waals surface area contributed by atoms with E-state index in [2.05, 4.69) is 5.32 Å². The third kappa shape index (κ3) is 2.45. The van der Waals surface area contributed by atoms with Gasteiger partial charge >= 0.3 is 5.97 Å². The first kappa shape index (κ1) is 13.6. The van der Waals surface area contributed by atoms with E-state index in [1.807, 2.05) is 0 Å². The molecule has 1 atom stereocenters. The second kappa shape index (κ2) is 5.54. The highest BCUT2D eigenvalue weighted by Gasteiger charge is 2.29. The number of hydrogen-bond acceptors (Lipinski definition) is 4. The number of aryl methyl sites for hydroxylation is 1. The van der Waals surface area contributed by atoms with Gasteiger partial charge < -0.3 is 15.2 Å². The number of rotatable bonds is 3. The Bertz CT molecular complexity index is 546. The van der Waals surface area contributed by atoms with Crippen molar-refractivity contribution in [1.82, 2.24) is 0 Å². The molecule has 1 saturated heterocycles. The molecule has 6 heteroatoms. The van der Waals surface area contributed by atoms with E-state index in [0.29, 0.717) is 18.0 Å². The average molecular weight is 295 g/mol. The van der Waals surface area contributed by atoms with Gasteiger partial charge in [-0.25, -0.2) is 4.79 Å². The lowest BCUT2D eigenvalue weighted by Gasteiger charge is -2.11. The van der Waals surface area contributed by atoms with Crippen LogP contribution in [-0.2, 0) is 22.4 Å². The molecule has 2 N–H and O–H groups in total. The molecule has 1 aromatic heterocycles. The maximum Gasteiger partial charge on any atom is 0.339 e. The van der Waals surface area contributed by atoms with Crippen LogP contribution in [0.25, 0.3) is 0 Å². The number of anilines is 1. The summed E-state index contributed by atoms with van der Waals surface area (Å²) >= 11 is 1.41. The van der Waals surface area contributed by atoms with E-state index in [-0.39, 0.29) is 11.5 Å². The minimum Gasteiger partial charge on any atom is -0.478 e. The smallest absolute Gasteiger partial charge is 0.339 e. The number of carbonyl (C=O) groups is 2. The lowest BCUT2D eigenvalue weighted by molar-refractivity contribution is -0.124. The summed E-state index contributed by atoms with van der Waals surface area (Å²) in [6, 6.07) is 0. The fourth-order valence-electron chi connectivity index (χ4n) is 2.86. The number of hydrogen-bond donors (Lipinski definition) is 2. The first-order valence-electron chi connectivity index (χ1n) is 6.97. The summed E-state index contributed by atoms with van der Waals surface area (Å²) in [7, 11) is 0. The maximum absolute atomic E-state index is 12.1. The molecule has 2 heterocycles. The third-order valence-electron chi connectivity index (χ3n) is 3.84. The van der Waals surface area contributed by atoms with Gasteiger partial charge in [0.15, 0.2) is 0 Å². The van der Waals surface area contributed by atoms with Crippen LogP contribution in [0.5, 0.6) is 0 Å². The summed E-state index contributed by atoms with van der Waals surface area (Å²) in [5.41, 5.74) is 1.20. The lowest BCUT2D eigenvalue weighted by atomic mass is 9.95. The topological polar surface area (TPSA) is 75.6 Å². The minimum atomic E-state index is -0.952. The fourth-order valence-corrected chi connectivity index (χ4v) is 4.14. The first-order chi connectivity index (χ1) is 9.66. The van der Waals surface area contributed by atoms with Crippen LogP contribution in [0.2, 0.25) is 0 Å². The molecule has 1 unspecified atom stereocenters. The minimum absolute atomic E-state index is 0.219. The lowest BCUT2D eigenvalue weighted by Crippen LogP contribution is -2.27. The second-order valence-electron chi connectivity index (χ2n) is 5.21. The molecule has 0 aromatic carbocycles. The van der Waals surface area contributed by atoms with Crippen LogP contribution >= 0.6 is 11.3 Å². The van der Waals surface area contributed by atoms with Crippen molar-refractivity contribution in [2.75, 3.05) is 11.9 Å². The number of ether oxygens (including phenoxy) is 1. The van der Waals surface area contributed by atoms with Crippen molar-refractivity contribution in [3.05, 3.63) is 16.0 Å². The van der Waals surface area contributed by atoms with Gasteiger partial charge in [-0.05, 0) is 44.1 Å². The molecule has 2 aliphatic rings. The SMILES string of the molecule is O=C(O)c1c(NC(=O)C2CCCO2)sc2c1CCCC2. The highest BCUT2D eigenvalue weighted by Crippen LogP contribution is 2.38. The van der Waals surface area contributed by atoms with Gasteiger partial charge in [-0.3, -0.25) is 4.79 Å². The van der Waals surface area contributed by atoms with E-state index in [1.54, 1.807) is 0 Å². The second-order valence-corrected chi connectivity index (χ2v) is 6.32.